The van der Waals surface area contributed by atoms with Crippen LogP contribution in [0.25, 0.3) is 0 Å². The summed E-state index contributed by atoms with van der Waals surface area (Å²) in [6.07, 6.45) is 0. The molecule has 0 bridgehead atoms. The quantitative estimate of drug-likeness (QED) is 0.814. The molecule has 0 spiro atoms. The normalized spacial score (nSPS) is 11.9. The molecule has 1 aromatic rings. The molecule has 1 heterocycles. The van der Waals surface area contributed by atoms with E-state index in [1.807, 2.05) is 0 Å². The van der Waals surface area contributed by atoms with Crippen molar-refractivity contribution in [3.63, 3.8) is 0 Å². The molecule has 0 radical (unpaired) electrons. The van der Waals surface area contributed by atoms with Crippen LogP contribution in [0.2, 0.25) is 0 Å². The van der Waals surface area contributed by atoms with Crippen LogP contribution in [0.1, 0.15) is 19.5 Å². The van der Waals surface area contributed by atoms with Gasteiger partial charge in [-0.25, -0.2) is 13.4 Å². The van der Waals surface area contributed by atoms with Gasteiger partial charge in [-0.1, -0.05) is 6.07 Å². The first-order valence-electron chi connectivity index (χ1n) is 4.35. The molecule has 0 aliphatic heterocycles. The maximum atomic E-state index is 11.5. The highest BCUT2D eigenvalue weighted by Crippen LogP contribution is 2.09. The second-order valence-corrected chi connectivity index (χ2v) is 5.97. The van der Waals surface area contributed by atoms with Gasteiger partial charge < -0.3 is 5.73 Å². The first-order chi connectivity index (χ1) is 6.42. The van der Waals surface area contributed by atoms with Crippen molar-refractivity contribution in [2.45, 2.75) is 24.9 Å². The second kappa shape index (κ2) is 3.96. The highest BCUT2D eigenvalue weighted by Gasteiger charge is 2.17. The minimum atomic E-state index is -3.09. The summed E-state index contributed by atoms with van der Waals surface area (Å²) < 4.78 is 23.1. The molecule has 0 amide bonds. The Hall–Kier alpha value is -1.10. The maximum Gasteiger partial charge on any atom is 0.158 e. The van der Waals surface area contributed by atoms with Crippen molar-refractivity contribution in [1.82, 2.24) is 4.98 Å². The summed E-state index contributed by atoms with van der Waals surface area (Å²) in [5.41, 5.74) is 5.95. The lowest BCUT2D eigenvalue weighted by atomic mass is 10.4. The molecule has 0 aromatic carbocycles. The van der Waals surface area contributed by atoms with Crippen LogP contribution in [0, 0.1) is 0 Å². The summed E-state index contributed by atoms with van der Waals surface area (Å²) in [6, 6.07) is 5.00. The van der Waals surface area contributed by atoms with Crippen LogP contribution >= 0.6 is 0 Å². The van der Waals surface area contributed by atoms with Crippen molar-refractivity contribution in [2.75, 3.05) is 5.73 Å². The Kier molecular flexibility index (Phi) is 3.10. The lowest BCUT2D eigenvalue weighted by molar-refractivity contribution is 0.586. The minimum Gasteiger partial charge on any atom is -0.384 e. The third-order valence-corrected chi connectivity index (χ3v) is 4.03. The van der Waals surface area contributed by atoms with Crippen molar-refractivity contribution in [3.05, 3.63) is 23.9 Å². The summed E-state index contributed by atoms with van der Waals surface area (Å²) in [5.74, 6) is 0.303. The lowest BCUT2D eigenvalue weighted by Crippen LogP contribution is -2.16. The first kappa shape index (κ1) is 11.0. The minimum absolute atomic E-state index is 0.0459. The number of nitrogen functional groups attached to an aromatic ring is 1. The summed E-state index contributed by atoms with van der Waals surface area (Å²) in [7, 11) is -3.09. The third-order valence-electron chi connectivity index (χ3n) is 1.90. The lowest BCUT2D eigenvalue weighted by Gasteiger charge is -2.06. The van der Waals surface area contributed by atoms with Gasteiger partial charge in [0.2, 0.25) is 0 Å². The van der Waals surface area contributed by atoms with Crippen molar-refractivity contribution in [1.29, 1.82) is 0 Å². The van der Waals surface area contributed by atoms with E-state index in [1.165, 1.54) is 0 Å². The number of hydrogen-bond acceptors (Lipinski definition) is 4. The van der Waals surface area contributed by atoms with Gasteiger partial charge in [-0.2, -0.15) is 0 Å². The molecule has 14 heavy (non-hydrogen) atoms. The summed E-state index contributed by atoms with van der Waals surface area (Å²) >= 11 is 0. The molecule has 1 aromatic heterocycles. The van der Waals surface area contributed by atoms with Gasteiger partial charge in [-0.15, -0.1) is 0 Å². The van der Waals surface area contributed by atoms with Crippen LogP contribution < -0.4 is 5.73 Å². The number of rotatable bonds is 3. The highest BCUT2D eigenvalue weighted by atomic mass is 32.2. The number of pyridine rings is 1. The van der Waals surface area contributed by atoms with Gasteiger partial charge in [0.15, 0.2) is 9.84 Å². The largest absolute Gasteiger partial charge is 0.384 e. The van der Waals surface area contributed by atoms with Crippen LogP contribution in [0.3, 0.4) is 0 Å². The van der Waals surface area contributed by atoms with Crippen LogP contribution in [0.4, 0.5) is 5.82 Å². The smallest absolute Gasteiger partial charge is 0.158 e. The molecule has 0 unspecified atom stereocenters. The Morgan fingerprint density at radius 2 is 2.07 bits per heavy atom. The first-order valence-corrected chi connectivity index (χ1v) is 6.06. The van der Waals surface area contributed by atoms with Gasteiger partial charge in [0.1, 0.15) is 5.82 Å². The molecule has 0 atom stereocenters. The number of anilines is 1. The van der Waals surface area contributed by atoms with Crippen molar-refractivity contribution < 1.29 is 8.42 Å². The van der Waals surface area contributed by atoms with E-state index >= 15 is 0 Å². The van der Waals surface area contributed by atoms with Crippen molar-refractivity contribution in [2.24, 2.45) is 0 Å². The molecule has 0 saturated carbocycles. The molecular weight excluding hydrogens is 200 g/mol. The average Bonchev–Trinajstić information content (AvgIpc) is 2.02. The van der Waals surface area contributed by atoms with Gasteiger partial charge in [-0.3, -0.25) is 0 Å². The summed E-state index contributed by atoms with van der Waals surface area (Å²) in [5, 5.41) is -0.384. The van der Waals surface area contributed by atoms with E-state index < -0.39 is 9.84 Å². The zero-order chi connectivity index (χ0) is 10.8. The molecule has 4 nitrogen and oxygen atoms in total. The molecule has 0 aliphatic rings. The van der Waals surface area contributed by atoms with Crippen molar-refractivity contribution >= 4 is 15.7 Å². The second-order valence-electron chi connectivity index (χ2n) is 3.41. The standard InChI is InChI=1S/C9H14N2O2S/c1-7(2)14(12,13)6-8-4-3-5-9(10)11-8/h3-5,7H,6H2,1-2H3,(H2,10,11). The average molecular weight is 214 g/mol. The Balaban J connectivity index is 2.90. The summed E-state index contributed by atoms with van der Waals surface area (Å²) in [4.78, 5) is 3.94. The molecule has 2 N–H and O–H groups in total. The van der Waals surface area contributed by atoms with E-state index in [1.54, 1.807) is 32.0 Å². The Morgan fingerprint density at radius 1 is 1.43 bits per heavy atom. The zero-order valence-electron chi connectivity index (χ0n) is 8.27. The number of nitrogens with zero attached hydrogens (tertiary/aromatic N) is 1. The van der Waals surface area contributed by atoms with E-state index in [2.05, 4.69) is 4.98 Å². The van der Waals surface area contributed by atoms with Crippen LogP contribution in [0.15, 0.2) is 18.2 Å². The Morgan fingerprint density at radius 3 is 2.57 bits per heavy atom. The number of hydrogen-bond donors (Lipinski definition) is 1. The topological polar surface area (TPSA) is 73.0 Å². The van der Waals surface area contributed by atoms with E-state index in [0.29, 0.717) is 11.5 Å². The van der Waals surface area contributed by atoms with E-state index in [4.69, 9.17) is 5.73 Å². The van der Waals surface area contributed by atoms with Crippen LogP contribution in [-0.2, 0) is 15.6 Å². The highest BCUT2D eigenvalue weighted by molar-refractivity contribution is 7.91. The van der Waals surface area contributed by atoms with E-state index in [9.17, 15) is 8.42 Å². The molecule has 0 aliphatic carbocycles. The molecule has 0 saturated heterocycles. The number of nitrogens with two attached hydrogens (primary N) is 1. The molecule has 0 fully saturated rings. The van der Waals surface area contributed by atoms with Crippen molar-refractivity contribution in [3.8, 4) is 0 Å². The Bertz CT molecular complexity index is 413. The zero-order valence-corrected chi connectivity index (χ0v) is 9.08. The van der Waals surface area contributed by atoms with Crippen LogP contribution in [0.5, 0.6) is 0 Å². The monoisotopic (exact) mass is 214 g/mol. The Labute approximate surface area is 84.1 Å². The third kappa shape index (κ3) is 2.70. The number of sulfone groups is 1. The molecule has 78 valence electrons. The SMILES string of the molecule is CC(C)S(=O)(=O)Cc1cccc(N)n1. The molecular formula is C9H14N2O2S. The van der Waals surface area contributed by atoms with Gasteiger partial charge >= 0.3 is 0 Å². The maximum absolute atomic E-state index is 11.5. The van der Waals surface area contributed by atoms with Gasteiger partial charge in [0, 0.05) is 0 Å². The van der Waals surface area contributed by atoms with E-state index in [0.717, 1.165) is 0 Å². The van der Waals surface area contributed by atoms with Crippen LogP contribution in [-0.4, -0.2) is 18.7 Å². The van der Waals surface area contributed by atoms with E-state index in [-0.39, 0.29) is 11.0 Å². The molecule has 5 heteroatoms. The predicted octanol–water partition coefficient (Wildman–Crippen LogP) is 0.987. The van der Waals surface area contributed by atoms with Gasteiger partial charge in [0.05, 0.1) is 16.7 Å². The fourth-order valence-corrected chi connectivity index (χ4v) is 1.86. The number of aromatic nitrogens is 1. The fourth-order valence-electron chi connectivity index (χ4n) is 0.951. The predicted molar refractivity (Wildman–Crippen MR) is 56.4 cm³/mol. The summed E-state index contributed by atoms with van der Waals surface area (Å²) in [6.45, 7) is 3.31. The molecule has 1 rings (SSSR count). The fraction of sp³-hybridized carbons (Fsp3) is 0.444. The van der Waals surface area contributed by atoms with Gasteiger partial charge in [0.25, 0.3) is 0 Å². The van der Waals surface area contributed by atoms with Gasteiger partial charge in [-0.05, 0) is 26.0 Å².